The van der Waals surface area contributed by atoms with Crippen molar-refractivity contribution >= 4 is 23.1 Å². The molecule has 2 nitrogen and oxygen atoms in total. The number of aromatic nitrogens is 1. The van der Waals surface area contributed by atoms with E-state index in [4.69, 9.17) is 5.41 Å². The summed E-state index contributed by atoms with van der Waals surface area (Å²) < 4.78 is 0. The zero-order valence-corrected chi connectivity index (χ0v) is 11.6. The molecule has 2 heteroatoms. The second-order valence-electron chi connectivity index (χ2n) is 5.81. The quantitative estimate of drug-likeness (QED) is 0.794. The third-order valence-corrected chi connectivity index (χ3v) is 4.15. The van der Waals surface area contributed by atoms with Crippen LogP contribution in [0.3, 0.4) is 0 Å². The van der Waals surface area contributed by atoms with E-state index < -0.39 is 0 Å². The van der Waals surface area contributed by atoms with Crippen LogP contribution < -0.4 is 0 Å². The molecule has 0 unspecified atom stereocenters. The molecule has 0 atom stereocenters. The summed E-state index contributed by atoms with van der Waals surface area (Å²) in [4.78, 5) is 4.51. The molecule has 19 heavy (non-hydrogen) atoms. The van der Waals surface area contributed by atoms with E-state index in [9.17, 15) is 0 Å². The lowest BCUT2D eigenvalue weighted by Gasteiger charge is -2.33. The fourth-order valence-corrected chi connectivity index (χ4v) is 3.04. The summed E-state index contributed by atoms with van der Waals surface area (Å²) in [6, 6.07) is 6.57. The van der Waals surface area contributed by atoms with Gasteiger partial charge in [-0.2, -0.15) is 0 Å². The molecule has 1 N–H and O–H groups in total. The van der Waals surface area contributed by atoms with Crippen LogP contribution in [0.4, 0.5) is 0 Å². The Labute approximate surface area is 113 Å². The number of nitrogens with zero attached hydrogens (tertiary/aromatic N) is 1. The average Bonchev–Trinajstić information content (AvgIpc) is 2.35. The fourth-order valence-electron chi connectivity index (χ4n) is 3.04. The van der Waals surface area contributed by atoms with Crippen LogP contribution in [0, 0.1) is 12.3 Å². The molecule has 1 aliphatic carbocycles. The Morgan fingerprint density at radius 2 is 2.11 bits per heavy atom. The van der Waals surface area contributed by atoms with Crippen LogP contribution in [0.2, 0.25) is 0 Å². The monoisotopic (exact) mass is 250 g/mol. The van der Waals surface area contributed by atoms with Gasteiger partial charge in [0, 0.05) is 23.4 Å². The number of hydrogen-bond acceptors (Lipinski definition) is 2. The van der Waals surface area contributed by atoms with Crippen LogP contribution in [-0.2, 0) is 5.41 Å². The first kappa shape index (κ1) is 12.1. The van der Waals surface area contributed by atoms with Crippen molar-refractivity contribution < 1.29 is 0 Å². The van der Waals surface area contributed by atoms with Crippen LogP contribution in [0.1, 0.15) is 37.1 Å². The lowest BCUT2D eigenvalue weighted by Crippen LogP contribution is -2.24. The summed E-state index contributed by atoms with van der Waals surface area (Å²) in [6.45, 7) is 6.62. The Balaban J connectivity index is 2.41. The van der Waals surface area contributed by atoms with E-state index >= 15 is 0 Å². The smallest absolute Gasteiger partial charge is 0.0711 e. The minimum atomic E-state index is -0.0299. The molecule has 96 valence electrons. The van der Waals surface area contributed by atoms with E-state index in [2.05, 4.69) is 50.0 Å². The Kier molecular flexibility index (Phi) is 2.56. The number of nitrogens with one attached hydrogen (secondary N) is 1. The highest BCUT2D eigenvalue weighted by atomic mass is 14.7. The van der Waals surface area contributed by atoms with E-state index in [0.29, 0.717) is 6.42 Å². The van der Waals surface area contributed by atoms with Crippen molar-refractivity contribution in [2.24, 2.45) is 0 Å². The first-order chi connectivity index (χ1) is 9.04. The summed E-state index contributed by atoms with van der Waals surface area (Å²) in [5.41, 5.74) is 4.90. The van der Waals surface area contributed by atoms with Gasteiger partial charge in [0.2, 0.25) is 0 Å². The Morgan fingerprint density at radius 1 is 1.32 bits per heavy atom. The number of benzene rings is 1. The predicted molar refractivity (Wildman–Crippen MR) is 80.9 cm³/mol. The van der Waals surface area contributed by atoms with Crippen LogP contribution in [0.5, 0.6) is 0 Å². The lowest BCUT2D eigenvalue weighted by molar-refractivity contribution is 0.621. The van der Waals surface area contributed by atoms with Gasteiger partial charge in [0.15, 0.2) is 0 Å². The highest BCUT2D eigenvalue weighted by molar-refractivity contribution is 5.96. The van der Waals surface area contributed by atoms with E-state index in [1.807, 2.05) is 6.20 Å². The summed E-state index contributed by atoms with van der Waals surface area (Å²) in [5, 5.41) is 9.93. The SMILES string of the molecule is Cc1cc2c3c(nccc3c1)C=C(CC=N)C2(C)C. The number of hydrogen-bond donors (Lipinski definition) is 1. The predicted octanol–water partition coefficient (Wildman–Crippen LogP) is 4.26. The van der Waals surface area contributed by atoms with E-state index in [0.717, 1.165) is 5.69 Å². The highest BCUT2D eigenvalue weighted by Gasteiger charge is 2.31. The molecule has 0 radical (unpaired) electrons. The van der Waals surface area contributed by atoms with Gasteiger partial charge in [-0.25, -0.2) is 0 Å². The summed E-state index contributed by atoms with van der Waals surface area (Å²) in [6.07, 6.45) is 6.21. The molecular weight excluding hydrogens is 232 g/mol. The Hall–Kier alpha value is -1.96. The number of aryl methyl sites for hydroxylation is 1. The van der Waals surface area contributed by atoms with Gasteiger partial charge in [-0.3, -0.25) is 4.98 Å². The third-order valence-electron chi connectivity index (χ3n) is 4.15. The van der Waals surface area contributed by atoms with Crippen LogP contribution in [-0.4, -0.2) is 11.2 Å². The molecule has 1 aromatic carbocycles. The zero-order valence-electron chi connectivity index (χ0n) is 11.6. The molecule has 0 saturated carbocycles. The summed E-state index contributed by atoms with van der Waals surface area (Å²) in [5.74, 6) is 0. The van der Waals surface area contributed by atoms with Gasteiger partial charge < -0.3 is 5.41 Å². The van der Waals surface area contributed by atoms with Crippen molar-refractivity contribution in [3.63, 3.8) is 0 Å². The standard InChI is InChI=1S/C17H18N2/c1-11-8-12-5-7-19-15-10-13(4-6-18)17(2,3)14(9-11)16(12)15/h5-10,18H,4H2,1-3H3. The van der Waals surface area contributed by atoms with E-state index in [-0.39, 0.29) is 5.41 Å². The van der Waals surface area contributed by atoms with Gasteiger partial charge in [0.05, 0.1) is 5.69 Å². The van der Waals surface area contributed by atoms with Gasteiger partial charge in [-0.05, 0) is 36.2 Å². The average molecular weight is 250 g/mol. The minimum absolute atomic E-state index is 0.0299. The topological polar surface area (TPSA) is 36.7 Å². The second-order valence-corrected chi connectivity index (χ2v) is 5.81. The normalized spacial score (nSPS) is 16.3. The number of allylic oxidation sites excluding steroid dienone is 1. The lowest BCUT2D eigenvalue weighted by atomic mass is 9.71. The van der Waals surface area contributed by atoms with Gasteiger partial charge >= 0.3 is 0 Å². The Morgan fingerprint density at radius 3 is 2.84 bits per heavy atom. The number of pyridine rings is 1. The molecule has 0 bridgehead atoms. The molecule has 1 heterocycles. The van der Waals surface area contributed by atoms with Gasteiger partial charge in [0.1, 0.15) is 0 Å². The van der Waals surface area contributed by atoms with Crippen molar-refractivity contribution in [3.8, 4) is 0 Å². The highest BCUT2D eigenvalue weighted by Crippen LogP contribution is 2.43. The molecule has 1 aliphatic rings. The molecule has 0 saturated heterocycles. The molecule has 3 rings (SSSR count). The maximum atomic E-state index is 7.40. The molecule has 1 aromatic heterocycles. The maximum Gasteiger partial charge on any atom is 0.0711 e. The van der Waals surface area contributed by atoms with Crippen LogP contribution in [0.25, 0.3) is 16.8 Å². The molecule has 2 aromatic rings. The maximum absolute atomic E-state index is 7.40. The van der Waals surface area contributed by atoms with Crippen molar-refractivity contribution in [2.75, 3.05) is 0 Å². The molecule has 0 fully saturated rings. The van der Waals surface area contributed by atoms with Crippen LogP contribution in [0.15, 0.2) is 30.0 Å². The van der Waals surface area contributed by atoms with Crippen molar-refractivity contribution in [2.45, 2.75) is 32.6 Å². The molecule has 0 aliphatic heterocycles. The fraction of sp³-hybridized carbons (Fsp3) is 0.294. The van der Waals surface area contributed by atoms with E-state index in [1.54, 1.807) is 0 Å². The largest absolute Gasteiger partial charge is 0.313 e. The van der Waals surface area contributed by atoms with Crippen molar-refractivity contribution in [3.05, 3.63) is 46.8 Å². The van der Waals surface area contributed by atoms with Crippen molar-refractivity contribution in [1.82, 2.24) is 4.98 Å². The minimum Gasteiger partial charge on any atom is -0.313 e. The Bertz CT molecular complexity index is 709. The van der Waals surface area contributed by atoms with Crippen LogP contribution >= 0.6 is 0 Å². The number of rotatable bonds is 2. The van der Waals surface area contributed by atoms with Gasteiger partial charge in [-0.1, -0.05) is 37.1 Å². The second kappa shape index (κ2) is 4.02. The molecular formula is C17H18N2. The summed E-state index contributed by atoms with van der Waals surface area (Å²) in [7, 11) is 0. The molecule has 0 spiro atoms. The summed E-state index contributed by atoms with van der Waals surface area (Å²) >= 11 is 0. The third kappa shape index (κ3) is 1.71. The first-order valence-electron chi connectivity index (χ1n) is 6.64. The van der Waals surface area contributed by atoms with Crippen molar-refractivity contribution in [1.29, 1.82) is 5.41 Å². The van der Waals surface area contributed by atoms with E-state index in [1.165, 1.54) is 33.7 Å². The first-order valence-corrected chi connectivity index (χ1v) is 6.64. The van der Waals surface area contributed by atoms with Gasteiger partial charge in [-0.15, -0.1) is 0 Å². The molecule has 0 amide bonds. The zero-order chi connectivity index (χ0) is 13.6. The van der Waals surface area contributed by atoms with Gasteiger partial charge in [0.25, 0.3) is 0 Å².